The van der Waals surface area contributed by atoms with E-state index in [1.807, 2.05) is 0 Å². The number of hydrogen-bond acceptors (Lipinski definition) is 3. The number of carbonyl (C=O) groups excluding carboxylic acids is 1. The Hall–Kier alpha value is -0.610. The van der Waals surface area contributed by atoms with Crippen molar-refractivity contribution in [3.05, 3.63) is 0 Å². The zero-order valence-electron chi connectivity index (χ0n) is 10.6. The lowest BCUT2D eigenvalue weighted by atomic mass is 9.96. The van der Waals surface area contributed by atoms with Gasteiger partial charge in [0.2, 0.25) is 5.91 Å². The zero-order chi connectivity index (χ0) is 11.7. The van der Waals surface area contributed by atoms with Gasteiger partial charge in [0.05, 0.1) is 5.92 Å². The lowest BCUT2D eigenvalue weighted by molar-refractivity contribution is -0.138. The maximum absolute atomic E-state index is 12.3. The molecule has 3 atom stereocenters. The van der Waals surface area contributed by atoms with Crippen LogP contribution >= 0.6 is 0 Å². The first-order chi connectivity index (χ1) is 7.59. The quantitative estimate of drug-likeness (QED) is 0.682. The summed E-state index contributed by atoms with van der Waals surface area (Å²) in [6.07, 6.45) is 0. The minimum absolute atomic E-state index is 0.204. The molecule has 0 spiro atoms. The van der Waals surface area contributed by atoms with Crippen molar-refractivity contribution in [3.63, 3.8) is 0 Å². The van der Waals surface area contributed by atoms with Gasteiger partial charge in [-0.25, -0.2) is 0 Å². The fourth-order valence-electron chi connectivity index (χ4n) is 2.62. The van der Waals surface area contributed by atoms with Crippen LogP contribution in [-0.4, -0.2) is 61.5 Å². The normalized spacial score (nSPS) is 36.7. The summed E-state index contributed by atoms with van der Waals surface area (Å²) in [4.78, 5) is 16.7. The first-order valence-electron chi connectivity index (χ1n) is 6.29. The molecule has 0 aliphatic carbocycles. The van der Waals surface area contributed by atoms with Crippen LogP contribution in [0.15, 0.2) is 0 Å². The number of nitrogens with one attached hydrogen (secondary N) is 1. The first-order valence-corrected chi connectivity index (χ1v) is 6.29. The number of piperazine rings is 1. The monoisotopic (exact) mass is 225 g/mol. The molecule has 4 nitrogen and oxygen atoms in total. The van der Waals surface area contributed by atoms with E-state index >= 15 is 0 Å². The second-order valence-corrected chi connectivity index (χ2v) is 5.36. The van der Waals surface area contributed by atoms with Crippen LogP contribution in [-0.2, 0) is 4.79 Å². The Labute approximate surface area is 98.0 Å². The Balaban J connectivity index is 1.95. The molecule has 2 fully saturated rings. The van der Waals surface area contributed by atoms with Crippen molar-refractivity contribution < 1.29 is 4.79 Å². The van der Waals surface area contributed by atoms with E-state index in [1.165, 1.54) is 0 Å². The molecule has 0 aromatic carbocycles. The van der Waals surface area contributed by atoms with Gasteiger partial charge in [-0.3, -0.25) is 4.79 Å². The van der Waals surface area contributed by atoms with Crippen LogP contribution in [0.4, 0.5) is 0 Å². The molecule has 4 heteroatoms. The van der Waals surface area contributed by atoms with E-state index < -0.39 is 0 Å². The Kier molecular flexibility index (Phi) is 3.50. The minimum atomic E-state index is 0.204. The standard InChI is InChI=1S/C12H23N3O/c1-9-6-13-7-11(9)12(16)15-5-4-14(3)10(2)8-15/h9-11,13H,4-8H2,1-3H3/t9-,10?,11-/m1/s1. The van der Waals surface area contributed by atoms with Crippen LogP contribution in [0.5, 0.6) is 0 Å². The number of nitrogens with zero attached hydrogens (tertiary/aromatic N) is 2. The van der Waals surface area contributed by atoms with E-state index in [9.17, 15) is 4.79 Å². The second-order valence-electron chi connectivity index (χ2n) is 5.36. The van der Waals surface area contributed by atoms with Crippen LogP contribution in [0, 0.1) is 11.8 Å². The molecule has 0 saturated carbocycles. The van der Waals surface area contributed by atoms with Crippen molar-refractivity contribution >= 4 is 5.91 Å². The third-order valence-corrected chi connectivity index (χ3v) is 4.11. The van der Waals surface area contributed by atoms with Gasteiger partial charge in [-0.1, -0.05) is 6.92 Å². The summed E-state index contributed by atoms with van der Waals surface area (Å²) in [5.74, 6) is 1.05. The molecule has 2 rings (SSSR count). The lowest BCUT2D eigenvalue weighted by Gasteiger charge is -2.39. The Morgan fingerprint density at radius 2 is 2.00 bits per heavy atom. The molecule has 0 aromatic heterocycles. The number of carbonyl (C=O) groups is 1. The summed E-state index contributed by atoms with van der Waals surface area (Å²) < 4.78 is 0. The van der Waals surface area contributed by atoms with E-state index in [1.54, 1.807) is 0 Å². The largest absolute Gasteiger partial charge is 0.340 e. The van der Waals surface area contributed by atoms with Crippen LogP contribution in [0.3, 0.4) is 0 Å². The zero-order valence-corrected chi connectivity index (χ0v) is 10.6. The van der Waals surface area contributed by atoms with Crippen LogP contribution in [0.1, 0.15) is 13.8 Å². The van der Waals surface area contributed by atoms with Crippen molar-refractivity contribution in [1.29, 1.82) is 0 Å². The smallest absolute Gasteiger partial charge is 0.227 e. The van der Waals surface area contributed by atoms with Crippen molar-refractivity contribution in [3.8, 4) is 0 Å². The summed E-state index contributed by atoms with van der Waals surface area (Å²) in [6.45, 7) is 8.99. The highest BCUT2D eigenvalue weighted by molar-refractivity contribution is 5.80. The fraction of sp³-hybridized carbons (Fsp3) is 0.917. The van der Waals surface area contributed by atoms with E-state index in [-0.39, 0.29) is 5.92 Å². The molecule has 0 bridgehead atoms. The number of rotatable bonds is 1. The van der Waals surface area contributed by atoms with Gasteiger partial charge in [-0.2, -0.15) is 0 Å². The summed E-state index contributed by atoms with van der Waals surface area (Å²) in [5, 5.41) is 3.30. The number of likely N-dealkylation sites (N-methyl/N-ethyl adjacent to an activating group) is 1. The highest BCUT2D eigenvalue weighted by Gasteiger charge is 2.34. The average molecular weight is 225 g/mol. The van der Waals surface area contributed by atoms with Crippen LogP contribution < -0.4 is 5.32 Å². The molecule has 2 heterocycles. The SMILES string of the molecule is CC1CN(C(=O)[C@@H]2CNC[C@H]2C)CCN1C. The van der Waals surface area contributed by atoms with Crippen molar-refractivity contribution in [2.24, 2.45) is 11.8 Å². The van der Waals surface area contributed by atoms with E-state index in [0.29, 0.717) is 17.9 Å². The first kappa shape index (κ1) is 11.9. The summed E-state index contributed by atoms with van der Waals surface area (Å²) >= 11 is 0. The molecule has 0 radical (unpaired) electrons. The van der Waals surface area contributed by atoms with Gasteiger partial charge in [0.25, 0.3) is 0 Å². The highest BCUT2D eigenvalue weighted by Crippen LogP contribution is 2.20. The predicted molar refractivity (Wildman–Crippen MR) is 64.2 cm³/mol. The van der Waals surface area contributed by atoms with E-state index in [4.69, 9.17) is 0 Å². The predicted octanol–water partition coefficient (Wildman–Crippen LogP) is 0.00440. The Morgan fingerprint density at radius 3 is 2.56 bits per heavy atom. The van der Waals surface area contributed by atoms with Gasteiger partial charge >= 0.3 is 0 Å². The van der Waals surface area contributed by atoms with Gasteiger partial charge in [-0.15, -0.1) is 0 Å². The van der Waals surface area contributed by atoms with E-state index in [0.717, 1.165) is 32.7 Å². The van der Waals surface area contributed by atoms with Crippen molar-refractivity contribution in [2.45, 2.75) is 19.9 Å². The molecule has 2 aliphatic heterocycles. The summed E-state index contributed by atoms with van der Waals surface area (Å²) in [5.41, 5.74) is 0. The Bertz CT molecular complexity index is 269. The highest BCUT2D eigenvalue weighted by atomic mass is 16.2. The average Bonchev–Trinajstić information content (AvgIpc) is 2.67. The van der Waals surface area contributed by atoms with Crippen molar-refractivity contribution in [2.75, 3.05) is 39.8 Å². The third kappa shape index (κ3) is 2.23. The van der Waals surface area contributed by atoms with Gasteiger partial charge in [-0.05, 0) is 26.4 Å². The molecule has 1 unspecified atom stereocenters. The van der Waals surface area contributed by atoms with Gasteiger partial charge < -0.3 is 15.1 Å². The molecule has 1 N–H and O–H groups in total. The number of hydrogen-bond donors (Lipinski definition) is 1. The molecule has 1 amide bonds. The molecule has 16 heavy (non-hydrogen) atoms. The van der Waals surface area contributed by atoms with Gasteiger partial charge in [0.1, 0.15) is 0 Å². The molecule has 92 valence electrons. The number of amides is 1. The van der Waals surface area contributed by atoms with Crippen LogP contribution in [0.2, 0.25) is 0 Å². The van der Waals surface area contributed by atoms with Crippen molar-refractivity contribution in [1.82, 2.24) is 15.1 Å². The molecule has 2 saturated heterocycles. The maximum atomic E-state index is 12.3. The second kappa shape index (κ2) is 4.72. The summed E-state index contributed by atoms with van der Waals surface area (Å²) in [6, 6.07) is 0.488. The molecular weight excluding hydrogens is 202 g/mol. The molecule has 2 aliphatic rings. The van der Waals surface area contributed by atoms with Gasteiger partial charge in [0, 0.05) is 32.2 Å². The van der Waals surface area contributed by atoms with Gasteiger partial charge in [0.15, 0.2) is 0 Å². The maximum Gasteiger partial charge on any atom is 0.227 e. The topological polar surface area (TPSA) is 35.6 Å². The fourth-order valence-corrected chi connectivity index (χ4v) is 2.62. The van der Waals surface area contributed by atoms with E-state index in [2.05, 4.69) is 36.0 Å². The molecule has 0 aromatic rings. The van der Waals surface area contributed by atoms with Crippen LogP contribution in [0.25, 0.3) is 0 Å². The molecular formula is C12H23N3O. The third-order valence-electron chi connectivity index (χ3n) is 4.11. The lowest BCUT2D eigenvalue weighted by Crippen LogP contribution is -2.54. The Morgan fingerprint density at radius 1 is 1.25 bits per heavy atom. The summed E-state index contributed by atoms with van der Waals surface area (Å²) in [7, 11) is 2.13. The minimum Gasteiger partial charge on any atom is -0.340 e.